The number of likely N-dealkylation sites (N-methyl/N-ethyl adjacent to an activating group) is 1. The number of urea groups is 1. The number of carbonyl (C=O) groups excluding carboxylic acids is 2. The minimum atomic E-state index is -0.304. The largest absolute Gasteiger partial charge is 0.457 e. The highest BCUT2D eigenvalue weighted by Crippen LogP contribution is 2.49. The fourth-order valence-electron chi connectivity index (χ4n) is 6.56. The van der Waals surface area contributed by atoms with E-state index >= 15 is 0 Å². The van der Waals surface area contributed by atoms with Gasteiger partial charge in [0.15, 0.2) is 0 Å². The molecule has 6 rings (SSSR count). The molecule has 2 aliphatic carbocycles. The van der Waals surface area contributed by atoms with Gasteiger partial charge in [-0.25, -0.2) is 4.79 Å². The fraction of sp³-hybridized carbons (Fsp3) is 0.375. The number of fused-ring (bicyclic) bond motifs is 2. The van der Waals surface area contributed by atoms with E-state index in [2.05, 4.69) is 15.5 Å². The Bertz CT molecular complexity index is 1300. The van der Waals surface area contributed by atoms with Gasteiger partial charge in [-0.3, -0.25) is 4.79 Å². The van der Waals surface area contributed by atoms with Crippen LogP contribution in [0.15, 0.2) is 78.9 Å². The Labute approximate surface area is 230 Å². The lowest BCUT2D eigenvalue weighted by atomic mass is 9.87. The van der Waals surface area contributed by atoms with Crippen molar-refractivity contribution in [2.24, 2.45) is 17.8 Å². The highest BCUT2D eigenvalue weighted by Gasteiger charge is 2.45. The van der Waals surface area contributed by atoms with E-state index in [9.17, 15) is 9.59 Å². The summed E-state index contributed by atoms with van der Waals surface area (Å²) in [6.07, 6.45) is 5.90. The van der Waals surface area contributed by atoms with Gasteiger partial charge in [-0.15, -0.1) is 0 Å². The smallest absolute Gasteiger partial charge is 0.323 e. The van der Waals surface area contributed by atoms with Gasteiger partial charge in [0.05, 0.1) is 6.04 Å². The lowest BCUT2D eigenvalue weighted by Crippen LogP contribution is -2.43. The molecular formula is C32H36N4O3. The van der Waals surface area contributed by atoms with E-state index in [0.717, 1.165) is 49.0 Å². The number of benzene rings is 3. The summed E-state index contributed by atoms with van der Waals surface area (Å²) in [5, 5.41) is 5.76. The third-order valence-electron chi connectivity index (χ3n) is 8.70. The molecule has 3 aromatic carbocycles. The first-order valence-electron chi connectivity index (χ1n) is 14.0. The molecule has 3 amide bonds. The molecule has 0 radical (unpaired) electrons. The summed E-state index contributed by atoms with van der Waals surface area (Å²) in [6, 6.07) is 24.7. The van der Waals surface area contributed by atoms with Gasteiger partial charge in [0.2, 0.25) is 5.91 Å². The summed E-state index contributed by atoms with van der Waals surface area (Å²) in [7, 11) is 2.00. The molecule has 2 saturated carbocycles. The normalized spacial score (nSPS) is 23.5. The molecule has 3 aliphatic rings. The number of nitrogens with one attached hydrogen (secondary N) is 2. The van der Waals surface area contributed by atoms with Gasteiger partial charge in [0.25, 0.3) is 0 Å². The number of nitrogens with zero attached hydrogens (tertiary/aromatic N) is 2. The first-order chi connectivity index (χ1) is 19.0. The van der Waals surface area contributed by atoms with Crippen molar-refractivity contribution in [3.05, 3.63) is 78.9 Å². The molecule has 39 heavy (non-hydrogen) atoms. The first-order valence-corrected chi connectivity index (χ1v) is 14.0. The number of amides is 3. The summed E-state index contributed by atoms with van der Waals surface area (Å²) < 4.78 is 5.80. The zero-order valence-electron chi connectivity index (χ0n) is 22.4. The zero-order valence-corrected chi connectivity index (χ0v) is 22.4. The number of para-hydroxylation sites is 1. The van der Waals surface area contributed by atoms with E-state index in [0.29, 0.717) is 23.3 Å². The number of ether oxygens (including phenoxy) is 1. The second-order valence-electron chi connectivity index (χ2n) is 11.2. The van der Waals surface area contributed by atoms with Gasteiger partial charge < -0.3 is 25.2 Å². The maximum atomic E-state index is 13.2. The van der Waals surface area contributed by atoms with Crippen LogP contribution in [-0.4, -0.2) is 43.0 Å². The summed E-state index contributed by atoms with van der Waals surface area (Å²) >= 11 is 0. The predicted octanol–water partition coefficient (Wildman–Crippen LogP) is 6.60. The minimum Gasteiger partial charge on any atom is -0.457 e. The number of rotatable bonds is 7. The average Bonchev–Trinajstić information content (AvgIpc) is 3.72. The van der Waals surface area contributed by atoms with Crippen LogP contribution < -0.4 is 20.3 Å². The molecule has 0 spiro atoms. The lowest BCUT2D eigenvalue weighted by molar-refractivity contribution is -0.137. The van der Waals surface area contributed by atoms with Gasteiger partial charge in [-0.05, 0) is 98.2 Å². The number of hydrogen-bond donors (Lipinski definition) is 2. The van der Waals surface area contributed by atoms with Gasteiger partial charge in [-0.1, -0.05) is 24.6 Å². The van der Waals surface area contributed by atoms with Crippen LogP contribution in [-0.2, 0) is 4.79 Å². The molecule has 1 saturated heterocycles. The average molecular weight is 525 g/mol. The van der Waals surface area contributed by atoms with Gasteiger partial charge in [0.1, 0.15) is 11.5 Å². The molecule has 7 heteroatoms. The van der Waals surface area contributed by atoms with E-state index in [4.69, 9.17) is 4.74 Å². The second kappa shape index (κ2) is 11.0. The lowest BCUT2D eigenvalue weighted by Gasteiger charge is -2.31. The molecular weight excluding hydrogens is 488 g/mol. The Morgan fingerprint density at radius 3 is 2.13 bits per heavy atom. The molecule has 3 aromatic rings. The molecule has 4 atom stereocenters. The number of anilines is 3. The van der Waals surface area contributed by atoms with Crippen molar-refractivity contribution < 1.29 is 14.3 Å². The van der Waals surface area contributed by atoms with Crippen molar-refractivity contribution in [2.45, 2.75) is 38.1 Å². The van der Waals surface area contributed by atoms with Crippen LogP contribution in [0.4, 0.5) is 21.9 Å². The van der Waals surface area contributed by atoms with Crippen LogP contribution >= 0.6 is 0 Å². The highest BCUT2D eigenvalue weighted by atomic mass is 16.5. The summed E-state index contributed by atoms with van der Waals surface area (Å²) in [5.41, 5.74) is 2.51. The topological polar surface area (TPSA) is 73.9 Å². The maximum Gasteiger partial charge on any atom is 0.323 e. The second-order valence-corrected chi connectivity index (χ2v) is 11.2. The van der Waals surface area contributed by atoms with Crippen molar-refractivity contribution in [3.8, 4) is 11.5 Å². The molecule has 202 valence electrons. The SMILES string of the molecule is CN(C(=O)C1C[C@H]2CC[C@@H]1C2)C1CCN(c2ccc(NC(=O)Nc3ccc(Oc4ccccc4)cc3)cc2)C1. The van der Waals surface area contributed by atoms with E-state index in [1.807, 2.05) is 90.8 Å². The summed E-state index contributed by atoms with van der Waals surface area (Å²) in [4.78, 5) is 30.1. The van der Waals surface area contributed by atoms with E-state index in [-0.39, 0.29) is 18.0 Å². The van der Waals surface area contributed by atoms with Crippen molar-refractivity contribution in [2.75, 3.05) is 35.7 Å². The first kappa shape index (κ1) is 25.3. The van der Waals surface area contributed by atoms with Crippen molar-refractivity contribution in [3.63, 3.8) is 0 Å². The van der Waals surface area contributed by atoms with Crippen molar-refractivity contribution in [1.29, 1.82) is 0 Å². The van der Waals surface area contributed by atoms with E-state index < -0.39 is 0 Å². The Balaban J connectivity index is 0.980. The maximum absolute atomic E-state index is 13.2. The minimum absolute atomic E-state index is 0.250. The molecule has 3 fully saturated rings. The van der Waals surface area contributed by atoms with Crippen LogP contribution in [0.25, 0.3) is 0 Å². The van der Waals surface area contributed by atoms with E-state index in [1.165, 1.54) is 19.3 Å². The Kier molecular flexibility index (Phi) is 7.14. The van der Waals surface area contributed by atoms with Gasteiger partial charge in [0, 0.05) is 43.1 Å². The Hall–Kier alpha value is -4.00. The van der Waals surface area contributed by atoms with Gasteiger partial charge >= 0.3 is 6.03 Å². The molecule has 7 nitrogen and oxygen atoms in total. The standard InChI is InChI=1S/C32H36N4O3/c1-35(31(37)30-20-22-7-8-23(30)19-22)27-17-18-36(21-27)26-13-9-24(10-14-26)33-32(38)34-25-11-15-29(16-12-25)39-28-5-3-2-4-6-28/h2-6,9-16,22-23,27,30H,7-8,17-21H2,1H3,(H2,33,34,38)/t22-,23+,27?,30?/m0/s1. The molecule has 1 aliphatic heterocycles. The number of carbonyl (C=O) groups is 2. The van der Waals surface area contributed by atoms with Crippen molar-refractivity contribution in [1.82, 2.24) is 4.90 Å². The molecule has 2 bridgehead atoms. The quantitative estimate of drug-likeness (QED) is 0.365. The van der Waals surface area contributed by atoms with Crippen LogP contribution in [0.1, 0.15) is 32.1 Å². The van der Waals surface area contributed by atoms with Crippen LogP contribution in [0, 0.1) is 17.8 Å². The fourth-order valence-corrected chi connectivity index (χ4v) is 6.56. The third-order valence-corrected chi connectivity index (χ3v) is 8.70. The van der Waals surface area contributed by atoms with Crippen LogP contribution in [0.3, 0.4) is 0 Å². The Morgan fingerprint density at radius 1 is 0.821 bits per heavy atom. The number of hydrogen-bond acceptors (Lipinski definition) is 4. The molecule has 0 aromatic heterocycles. The monoisotopic (exact) mass is 524 g/mol. The zero-order chi connectivity index (χ0) is 26.8. The van der Waals surface area contributed by atoms with Gasteiger partial charge in [-0.2, -0.15) is 0 Å². The highest BCUT2D eigenvalue weighted by molar-refractivity contribution is 5.99. The summed E-state index contributed by atoms with van der Waals surface area (Å²) in [5.74, 6) is 3.48. The van der Waals surface area contributed by atoms with Crippen molar-refractivity contribution >= 4 is 29.0 Å². The molecule has 1 heterocycles. The van der Waals surface area contributed by atoms with Crippen LogP contribution in [0.5, 0.6) is 11.5 Å². The predicted molar refractivity (Wildman–Crippen MR) is 154 cm³/mol. The summed E-state index contributed by atoms with van der Waals surface area (Å²) in [6.45, 7) is 1.77. The van der Waals surface area contributed by atoms with Crippen LogP contribution in [0.2, 0.25) is 0 Å². The molecule has 2 unspecified atom stereocenters. The third kappa shape index (κ3) is 5.72. The Morgan fingerprint density at radius 2 is 1.49 bits per heavy atom. The molecule has 2 N–H and O–H groups in total. The van der Waals surface area contributed by atoms with E-state index in [1.54, 1.807) is 0 Å².